The second-order valence-electron chi connectivity index (χ2n) is 12.0. The molecule has 48 heavy (non-hydrogen) atoms. The Hall–Kier alpha value is -5.20. The third-order valence-corrected chi connectivity index (χ3v) is 8.92. The van der Waals surface area contributed by atoms with Crippen molar-refractivity contribution >= 4 is 5.57 Å². The van der Waals surface area contributed by atoms with Crippen molar-refractivity contribution in [1.29, 1.82) is 0 Å². The Kier molecular flexibility index (Phi) is 14.0. The highest BCUT2D eigenvalue weighted by atomic mass is 14.4. The van der Waals surface area contributed by atoms with Crippen LogP contribution < -0.4 is 0 Å². The molecule has 0 heteroatoms. The lowest BCUT2D eigenvalue weighted by Crippen LogP contribution is -2.30. The predicted molar refractivity (Wildman–Crippen MR) is 210 cm³/mol. The zero-order chi connectivity index (χ0) is 34.0. The third kappa shape index (κ3) is 8.99. The Labute approximate surface area is 290 Å². The van der Waals surface area contributed by atoms with Gasteiger partial charge in [0, 0.05) is 5.92 Å². The van der Waals surface area contributed by atoms with E-state index in [1.807, 2.05) is 6.08 Å². The van der Waals surface area contributed by atoms with Gasteiger partial charge in [-0.3, -0.25) is 0 Å². The first-order chi connectivity index (χ1) is 23.6. The summed E-state index contributed by atoms with van der Waals surface area (Å²) in [6.45, 7) is 12.2. The van der Waals surface area contributed by atoms with Crippen LogP contribution in [0, 0.1) is 0 Å². The summed E-state index contributed by atoms with van der Waals surface area (Å²) in [5.74, 6) is 0.484. The van der Waals surface area contributed by atoms with E-state index in [0.29, 0.717) is 5.92 Å². The van der Waals surface area contributed by atoms with E-state index in [2.05, 4.69) is 216 Å². The van der Waals surface area contributed by atoms with Crippen molar-refractivity contribution in [2.45, 2.75) is 51.9 Å². The van der Waals surface area contributed by atoms with E-state index in [-0.39, 0.29) is 5.41 Å². The van der Waals surface area contributed by atoms with Crippen molar-refractivity contribution in [2.75, 3.05) is 0 Å². The van der Waals surface area contributed by atoms with E-state index in [0.717, 1.165) is 6.42 Å². The van der Waals surface area contributed by atoms with Gasteiger partial charge in [0.1, 0.15) is 0 Å². The summed E-state index contributed by atoms with van der Waals surface area (Å²) >= 11 is 0. The summed E-state index contributed by atoms with van der Waals surface area (Å²) in [6.07, 6.45) is 6.47. The first-order valence-corrected chi connectivity index (χ1v) is 17.2. The molecule has 0 radical (unpaired) electrons. The lowest BCUT2D eigenvalue weighted by molar-refractivity contribution is 0.745. The van der Waals surface area contributed by atoms with Gasteiger partial charge in [-0.1, -0.05) is 208 Å². The Morgan fingerprint density at radius 3 is 1.17 bits per heavy atom. The summed E-state index contributed by atoms with van der Waals surface area (Å²) in [4.78, 5) is 0. The second kappa shape index (κ2) is 18.8. The minimum absolute atomic E-state index is 0.369. The fourth-order valence-electron chi connectivity index (χ4n) is 6.09. The quantitative estimate of drug-likeness (QED) is 0.111. The van der Waals surface area contributed by atoms with Gasteiger partial charge >= 0.3 is 0 Å². The molecule has 0 saturated heterocycles. The predicted octanol–water partition coefficient (Wildman–Crippen LogP) is 13.3. The van der Waals surface area contributed by atoms with Crippen molar-refractivity contribution in [3.8, 4) is 0 Å². The summed E-state index contributed by atoms with van der Waals surface area (Å²) in [6, 6.07) is 62.8. The zero-order valence-corrected chi connectivity index (χ0v) is 29.1. The zero-order valence-electron chi connectivity index (χ0n) is 29.1. The number of allylic oxidation sites excluding steroid dienone is 3. The molecule has 0 fully saturated rings. The first kappa shape index (κ1) is 35.7. The molecule has 0 aliphatic carbocycles. The van der Waals surface area contributed by atoms with Crippen LogP contribution in [0.2, 0.25) is 0 Å². The standard InChI is InChI=1S/C29H26.C14H14.C5H10/c1-3-23(2)24-19-21-28(22-20-24)29(25-13-7-4-8-14-25,26-15-9-5-10-16-26)27-17-11-6-12-18-27;1-12(13-8-4-2-5-9-13)14-10-6-3-7-11-14;1-3-5-4-2/h3-22H,1-2H3;2-12H,1H3;3H,1,4-5H2,2H3/b23-3+;;. The largest absolute Gasteiger partial charge is 0.103 e. The molecule has 0 aromatic heterocycles. The summed E-state index contributed by atoms with van der Waals surface area (Å²) in [5.41, 5.74) is 10.0. The van der Waals surface area contributed by atoms with Gasteiger partial charge in [0.2, 0.25) is 0 Å². The average Bonchev–Trinajstić information content (AvgIpc) is 3.18. The van der Waals surface area contributed by atoms with Crippen LogP contribution in [-0.2, 0) is 5.41 Å². The smallest absolute Gasteiger partial charge is 0.0701 e. The molecule has 0 heterocycles. The molecule has 0 spiro atoms. The van der Waals surface area contributed by atoms with Gasteiger partial charge in [0.05, 0.1) is 5.41 Å². The Bertz CT molecular complexity index is 1630. The molecule has 242 valence electrons. The van der Waals surface area contributed by atoms with Gasteiger partial charge in [-0.25, -0.2) is 0 Å². The molecule has 0 N–H and O–H groups in total. The molecule has 0 aliphatic heterocycles. The van der Waals surface area contributed by atoms with Crippen molar-refractivity contribution in [3.05, 3.63) is 234 Å². The molecular weight excluding hydrogens is 577 g/mol. The maximum atomic E-state index is 3.55. The van der Waals surface area contributed by atoms with Crippen molar-refractivity contribution < 1.29 is 0 Å². The van der Waals surface area contributed by atoms with Crippen molar-refractivity contribution in [3.63, 3.8) is 0 Å². The maximum absolute atomic E-state index is 3.55. The van der Waals surface area contributed by atoms with E-state index in [1.165, 1.54) is 50.9 Å². The minimum atomic E-state index is -0.369. The molecule has 0 unspecified atom stereocenters. The molecule has 6 rings (SSSR count). The summed E-state index contributed by atoms with van der Waals surface area (Å²) in [5, 5.41) is 0. The second-order valence-corrected chi connectivity index (χ2v) is 12.0. The van der Waals surface area contributed by atoms with E-state index >= 15 is 0 Å². The maximum Gasteiger partial charge on any atom is 0.0701 e. The van der Waals surface area contributed by atoms with Gasteiger partial charge in [-0.15, -0.1) is 6.58 Å². The number of benzene rings is 6. The number of unbranched alkanes of at least 4 members (excludes halogenated alkanes) is 1. The topological polar surface area (TPSA) is 0 Å². The van der Waals surface area contributed by atoms with E-state index < -0.39 is 0 Å². The minimum Gasteiger partial charge on any atom is -0.103 e. The normalized spacial score (nSPS) is 11.1. The molecule has 0 nitrogen and oxygen atoms in total. The molecule has 6 aromatic rings. The van der Waals surface area contributed by atoms with Gasteiger partial charge < -0.3 is 0 Å². The number of hydrogen-bond donors (Lipinski definition) is 0. The molecule has 0 aliphatic rings. The Balaban J connectivity index is 0.000000226. The molecule has 0 amide bonds. The van der Waals surface area contributed by atoms with Crippen LogP contribution in [0.1, 0.15) is 85.4 Å². The third-order valence-electron chi connectivity index (χ3n) is 8.92. The lowest BCUT2D eigenvalue weighted by Gasteiger charge is -2.37. The fourth-order valence-corrected chi connectivity index (χ4v) is 6.09. The number of hydrogen-bond acceptors (Lipinski definition) is 0. The van der Waals surface area contributed by atoms with Gasteiger partial charge in [0.15, 0.2) is 0 Å². The van der Waals surface area contributed by atoms with Crippen LogP contribution in [0.5, 0.6) is 0 Å². The van der Waals surface area contributed by atoms with E-state index in [1.54, 1.807) is 0 Å². The van der Waals surface area contributed by atoms with Crippen LogP contribution in [0.15, 0.2) is 195 Å². The molecule has 0 saturated carbocycles. The van der Waals surface area contributed by atoms with Gasteiger partial charge in [0.25, 0.3) is 0 Å². The van der Waals surface area contributed by atoms with E-state index in [9.17, 15) is 0 Å². The summed E-state index contributed by atoms with van der Waals surface area (Å²) in [7, 11) is 0. The van der Waals surface area contributed by atoms with Gasteiger partial charge in [-0.2, -0.15) is 0 Å². The monoisotopic (exact) mass is 626 g/mol. The van der Waals surface area contributed by atoms with Crippen LogP contribution >= 0.6 is 0 Å². The Morgan fingerprint density at radius 2 is 0.875 bits per heavy atom. The van der Waals surface area contributed by atoms with Crippen LogP contribution in [0.3, 0.4) is 0 Å². The first-order valence-electron chi connectivity index (χ1n) is 17.2. The Morgan fingerprint density at radius 1 is 0.542 bits per heavy atom. The lowest BCUT2D eigenvalue weighted by atomic mass is 9.65. The highest BCUT2D eigenvalue weighted by Crippen LogP contribution is 2.45. The van der Waals surface area contributed by atoms with Crippen molar-refractivity contribution in [1.82, 2.24) is 0 Å². The molecule has 6 aromatic carbocycles. The number of rotatable bonds is 9. The average molecular weight is 627 g/mol. The fraction of sp³-hybridized carbons (Fsp3) is 0.167. The van der Waals surface area contributed by atoms with Crippen molar-refractivity contribution in [2.24, 2.45) is 0 Å². The SMILES string of the molecule is C/C=C(\C)c1ccc(C(c2ccccc2)(c2ccccc2)c2ccccc2)cc1.C=CCCC.CC(c1ccccc1)c1ccccc1. The van der Waals surface area contributed by atoms with Crippen LogP contribution in [-0.4, -0.2) is 0 Å². The highest BCUT2D eigenvalue weighted by Gasteiger charge is 2.38. The molecular formula is C48H50. The highest BCUT2D eigenvalue weighted by molar-refractivity contribution is 5.66. The van der Waals surface area contributed by atoms with Crippen LogP contribution in [0.4, 0.5) is 0 Å². The summed E-state index contributed by atoms with van der Waals surface area (Å²) < 4.78 is 0. The van der Waals surface area contributed by atoms with E-state index in [4.69, 9.17) is 0 Å². The van der Waals surface area contributed by atoms with Gasteiger partial charge in [-0.05, 0) is 64.8 Å². The molecule has 0 bridgehead atoms. The van der Waals surface area contributed by atoms with Crippen LogP contribution in [0.25, 0.3) is 5.57 Å². The molecule has 0 atom stereocenters.